The first kappa shape index (κ1) is 25.1. The average molecular weight is 548 g/mol. The first-order chi connectivity index (χ1) is 18.5. The van der Waals surface area contributed by atoms with Crippen LogP contribution in [-0.4, -0.2) is 69.9 Å². The smallest absolute Gasteiger partial charge is 0.267 e. The fraction of sp³-hybridized carbons (Fsp3) is 0.357. The maximum absolute atomic E-state index is 13.8. The lowest BCUT2D eigenvalue weighted by atomic mass is 10.2. The molecule has 0 radical (unpaired) electrons. The molecule has 0 N–H and O–H groups in total. The number of para-hydroxylation sites is 1. The molecule has 0 aliphatic carbocycles. The molecular weight excluding hydrogens is 518 g/mol. The molecule has 0 unspecified atom stereocenters. The molecule has 1 amide bonds. The van der Waals surface area contributed by atoms with Crippen molar-refractivity contribution in [3.8, 4) is 0 Å². The maximum atomic E-state index is 13.8. The number of ether oxygens (including phenoxy) is 1. The summed E-state index contributed by atoms with van der Waals surface area (Å²) in [7, 11) is 0. The number of fused-ring (bicyclic) bond motifs is 1. The van der Waals surface area contributed by atoms with Gasteiger partial charge in [0.25, 0.3) is 11.5 Å². The van der Waals surface area contributed by atoms with Gasteiger partial charge in [-0.15, -0.1) is 0 Å². The van der Waals surface area contributed by atoms with Gasteiger partial charge in [-0.05, 0) is 49.6 Å². The lowest BCUT2D eigenvalue weighted by molar-refractivity contribution is -0.123. The van der Waals surface area contributed by atoms with Crippen LogP contribution in [0.25, 0.3) is 11.7 Å². The standard InChI is InChI=1S/C28H29N5O3S2/c1-19-7-5-11-32-24(19)29-25(31-14-12-30(13-15-31)20-8-3-2-4-9-20)22(26(32)34)17-23-27(35)33(28(37)38-23)18-21-10-6-16-36-21/h2-5,7-9,11,17,21H,6,10,12-16,18H2,1H3/b23-17-/t21-/m1/s1. The minimum atomic E-state index is -0.191. The molecule has 2 aromatic heterocycles. The van der Waals surface area contributed by atoms with Crippen molar-refractivity contribution in [3.05, 3.63) is 75.0 Å². The van der Waals surface area contributed by atoms with Gasteiger partial charge in [0, 0.05) is 44.7 Å². The molecule has 0 spiro atoms. The Morgan fingerprint density at radius 2 is 1.84 bits per heavy atom. The molecule has 6 rings (SSSR count). The summed E-state index contributed by atoms with van der Waals surface area (Å²) in [5.74, 6) is 0.436. The number of rotatable bonds is 5. The van der Waals surface area contributed by atoms with E-state index in [-0.39, 0.29) is 17.6 Å². The van der Waals surface area contributed by atoms with Gasteiger partial charge in [-0.3, -0.25) is 18.9 Å². The van der Waals surface area contributed by atoms with E-state index in [2.05, 4.69) is 21.9 Å². The molecule has 0 bridgehead atoms. The number of benzene rings is 1. The normalized spacial score (nSPS) is 21.3. The number of amides is 1. The molecule has 3 aliphatic rings. The van der Waals surface area contributed by atoms with Gasteiger partial charge in [0.2, 0.25) is 0 Å². The number of carbonyl (C=O) groups is 1. The van der Waals surface area contributed by atoms with Crippen LogP contribution >= 0.6 is 24.0 Å². The van der Waals surface area contributed by atoms with E-state index in [0.29, 0.717) is 45.9 Å². The Hall–Kier alpha value is -3.21. The fourth-order valence-electron chi connectivity index (χ4n) is 5.26. The molecule has 3 saturated heterocycles. The molecule has 3 aliphatic heterocycles. The van der Waals surface area contributed by atoms with Crippen molar-refractivity contribution >= 4 is 57.4 Å². The van der Waals surface area contributed by atoms with Gasteiger partial charge in [0.1, 0.15) is 15.8 Å². The Labute approximate surface area is 230 Å². The van der Waals surface area contributed by atoms with Gasteiger partial charge in [-0.2, -0.15) is 0 Å². The third kappa shape index (κ3) is 4.72. The number of thioether (sulfide) groups is 1. The maximum Gasteiger partial charge on any atom is 0.267 e. The topological polar surface area (TPSA) is 70.4 Å². The Bertz CT molecular complexity index is 1480. The largest absolute Gasteiger partial charge is 0.376 e. The van der Waals surface area contributed by atoms with Crippen molar-refractivity contribution in [3.63, 3.8) is 0 Å². The molecule has 3 fully saturated rings. The number of anilines is 2. The summed E-state index contributed by atoms with van der Waals surface area (Å²) in [6.45, 7) is 6.16. The fourth-order valence-corrected chi connectivity index (χ4v) is 6.52. The van der Waals surface area contributed by atoms with E-state index in [1.807, 2.05) is 37.3 Å². The SMILES string of the molecule is Cc1cccn2c(=O)c(/C=C3\SC(=S)N(C[C@H]4CCCO4)C3=O)c(N3CCN(c4ccccc4)CC3)nc12. The number of carbonyl (C=O) groups excluding carboxylic acids is 1. The number of aromatic nitrogens is 2. The molecule has 1 aromatic carbocycles. The van der Waals surface area contributed by atoms with Crippen LogP contribution in [-0.2, 0) is 9.53 Å². The molecule has 196 valence electrons. The van der Waals surface area contributed by atoms with Crippen LogP contribution in [0.2, 0.25) is 0 Å². The van der Waals surface area contributed by atoms with Gasteiger partial charge < -0.3 is 14.5 Å². The van der Waals surface area contributed by atoms with E-state index < -0.39 is 0 Å². The number of pyridine rings is 1. The summed E-state index contributed by atoms with van der Waals surface area (Å²) in [5, 5.41) is 0. The average Bonchev–Trinajstić information content (AvgIpc) is 3.55. The third-order valence-corrected chi connectivity index (χ3v) is 8.70. The lowest BCUT2D eigenvalue weighted by Crippen LogP contribution is -2.47. The highest BCUT2D eigenvalue weighted by atomic mass is 32.2. The Balaban J connectivity index is 1.35. The predicted molar refractivity (Wildman–Crippen MR) is 156 cm³/mol. The van der Waals surface area contributed by atoms with Crippen molar-refractivity contribution in [2.75, 3.05) is 49.1 Å². The minimum Gasteiger partial charge on any atom is -0.376 e. The first-order valence-corrected chi connectivity index (χ1v) is 14.2. The van der Waals surface area contributed by atoms with Gasteiger partial charge in [-0.25, -0.2) is 4.98 Å². The molecule has 3 aromatic rings. The van der Waals surface area contributed by atoms with Gasteiger partial charge in [-0.1, -0.05) is 48.2 Å². The summed E-state index contributed by atoms with van der Waals surface area (Å²) in [4.78, 5) is 38.7. The van der Waals surface area contributed by atoms with Crippen molar-refractivity contribution in [2.24, 2.45) is 0 Å². The number of piperazine rings is 1. The summed E-state index contributed by atoms with van der Waals surface area (Å²) >= 11 is 6.79. The molecule has 5 heterocycles. The van der Waals surface area contributed by atoms with Gasteiger partial charge >= 0.3 is 0 Å². The van der Waals surface area contributed by atoms with E-state index in [1.165, 1.54) is 17.4 Å². The van der Waals surface area contributed by atoms with E-state index >= 15 is 0 Å². The van der Waals surface area contributed by atoms with Crippen LogP contribution in [0.3, 0.4) is 0 Å². The van der Waals surface area contributed by atoms with Crippen molar-refractivity contribution in [2.45, 2.75) is 25.9 Å². The monoisotopic (exact) mass is 547 g/mol. The lowest BCUT2D eigenvalue weighted by Gasteiger charge is -2.37. The zero-order chi connectivity index (χ0) is 26.2. The quantitative estimate of drug-likeness (QED) is 0.354. The highest BCUT2D eigenvalue weighted by Crippen LogP contribution is 2.34. The van der Waals surface area contributed by atoms with E-state index in [0.717, 1.165) is 38.1 Å². The second-order valence-electron chi connectivity index (χ2n) is 9.78. The zero-order valence-corrected chi connectivity index (χ0v) is 22.8. The minimum absolute atomic E-state index is 0.00394. The molecule has 38 heavy (non-hydrogen) atoms. The van der Waals surface area contributed by atoms with E-state index in [4.69, 9.17) is 21.9 Å². The first-order valence-electron chi connectivity index (χ1n) is 12.9. The van der Waals surface area contributed by atoms with Gasteiger partial charge in [0.05, 0.1) is 23.1 Å². The van der Waals surface area contributed by atoms with Crippen LogP contribution in [0.5, 0.6) is 0 Å². The number of aryl methyl sites for hydroxylation is 1. The van der Waals surface area contributed by atoms with Gasteiger partial charge in [0.15, 0.2) is 0 Å². The Morgan fingerprint density at radius 1 is 1.08 bits per heavy atom. The van der Waals surface area contributed by atoms with Crippen LogP contribution in [0.1, 0.15) is 24.0 Å². The second-order valence-corrected chi connectivity index (χ2v) is 11.5. The third-order valence-electron chi connectivity index (χ3n) is 7.32. The summed E-state index contributed by atoms with van der Waals surface area (Å²) in [6, 6.07) is 14.1. The predicted octanol–water partition coefficient (Wildman–Crippen LogP) is 3.71. The van der Waals surface area contributed by atoms with Crippen LogP contribution in [0, 0.1) is 6.92 Å². The highest BCUT2D eigenvalue weighted by Gasteiger charge is 2.35. The highest BCUT2D eigenvalue weighted by molar-refractivity contribution is 8.26. The van der Waals surface area contributed by atoms with Crippen LogP contribution < -0.4 is 15.4 Å². The number of nitrogens with zero attached hydrogens (tertiary/aromatic N) is 5. The summed E-state index contributed by atoms with van der Waals surface area (Å²) in [5.41, 5.74) is 2.96. The van der Waals surface area contributed by atoms with E-state index in [9.17, 15) is 9.59 Å². The Kier molecular flexibility index (Phi) is 6.94. The summed E-state index contributed by atoms with van der Waals surface area (Å²) in [6.07, 6.45) is 5.34. The van der Waals surface area contributed by atoms with Crippen molar-refractivity contribution in [1.82, 2.24) is 14.3 Å². The van der Waals surface area contributed by atoms with Crippen LogP contribution in [0.4, 0.5) is 11.5 Å². The van der Waals surface area contributed by atoms with Crippen molar-refractivity contribution in [1.29, 1.82) is 0 Å². The Morgan fingerprint density at radius 3 is 2.58 bits per heavy atom. The van der Waals surface area contributed by atoms with Crippen LogP contribution in [0.15, 0.2) is 58.4 Å². The van der Waals surface area contributed by atoms with Crippen molar-refractivity contribution < 1.29 is 9.53 Å². The molecule has 8 nitrogen and oxygen atoms in total. The molecule has 0 saturated carbocycles. The zero-order valence-electron chi connectivity index (χ0n) is 21.2. The molecule has 1 atom stereocenters. The van der Waals surface area contributed by atoms with E-state index in [1.54, 1.807) is 21.6 Å². The number of hydrogen-bond acceptors (Lipinski definition) is 8. The molecular formula is C28H29N5O3S2. The second kappa shape index (κ2) is 10.5. The number of hydrogen-bond donors (Lipinski definition) is 0. The molecule has 10 heteroatoms. The summed E-state index contributed by atoms with van der Waals surface area (Å²) < 4.78 is 7.79. The number of thiocarbonyl (C=S) groups is 1.